The average Bonchev–Trinajstić information content (AvgIpc) is 2.79. The van der Waals surface area contributed by atoms with Crippen molar-refractivity contribution in [3.63, 3.8) is 0 Å². The number of nitrogens with one attached hydrogen (secondary N) is 2. The van der Waals surface area contributed by atoms with Gasteiger partial charge < -0.3 is 15.7 Å². The number of carbonyl (C=O) groups is 3. The third kappa shape index (κ3) is 7.01. The predicted molar refractivity (Wildman–Crippen MR) is 128 cm³/mol. The lowest BCUT2D eigenvalue weighted by molar-refractivity contribution is -0.114. The Bertz CT molecular complexity index is 1150. The van der Waals surface area contributed by atoms with Gasteiger partial charge in [-0.05, 0) is 54.1 Å². The molecule has 0 aromatic heterocycles. The van der Waals surface area contributed by atoms with E-state index in [2.05, 4.69) is 10.6 Å². The minimum absolute atomic E-state index is 0.0756. The zero-order chi connectivity index (χ0) is 22.9. The van der Waals surface area contributed by atoms with E-state index >= 15 is 0 Å². The Labute approximate surface area is 194 Å². The largest absolute Gasteiger partial charge is 0.478 e. The van der Waals surface area contributed by atoms with E-state index in [1.807, 2.05) is 30.3 Å². The third-order valence-electron chi connectivity index (χ3n) is 4.20. The number of carbonyl (C=O) groups excluding carboxylic acids is 2. The summed E-state index contributed by atoms with van der Waals surface area (Å²) in [6, 6.07) is 20.9. The summed E-state index contributed by atoms with van der Waals surface area (Å²) in [5.74, 6) is -1.55. The highest BCUT2D eigenvalue weighted by Crippen LogP contribution is 2.23. The molecule has 0 aliphatic carbocycles. The van der Waals surface area contributed by atoms with Crippen LogP contribution in [0.3, 0.4) is 0 Å². The Morgan fingerprint density at radius 1 is 0.906 bits per heavy atom. The lowest BCUT2D eigenvalue weighted by atomic mass is 10.2. The molecule has 3 aromatic carbocycles. The number of hydrogen-bond donors (Lipinski definition) is 3. The lowest BCUT2D eigenvalue weighted by Crippen LogP contribution is -2.14. The standard InChI is InChI=1S/C24H19ClN2O4S/c25-21-12-9-18(14-20(21)24(30)31)27-23(29)15-32-19-10-7-17(8-11-19)26-22(28)13-6-16-4-2-1-3-5-16/h1-14H,15H2,(H,26,28)(H,27,29)(H,30,31)/b13-6+. The summed E-state index contributed by atoms with van der Waals surface area (Å²) in [5, 5.41) is 14.6. The van der Waals surface area contributed by atoms with Crippen molar-refractivity contribution in [1.82, 2.24) is 0 Å². The molecule has 0 saturated carbocycles. The summed E-state index contributed by atoms with van der Waals surface area (Å²) in [5.41, 5.74) is 1.86. The molecular formula is C24H19ClN2O4S. The molecule has 32 heavy (non-hydrogen) atoms. The van der Waals surface area contributed by atoms with Crippen LogP contribution in [0.25, 0.3) is 6.08 Å². The van der Waals surface area contributed by atoms with Crippen LogP contribution in [0, 0.1) is 0 Å². The van der Waals surface area contributed by atoms with Crippen LogP contribution in [-0.2, 0) is 9.59 Å². The number of aromatic carboxylic acids is 1. The van der Waals surface area contributed by atoms with E-state index in [9.17, 15) is 14.4 Å². The van der Waals surface area contributed by atoms with Gasteiger partial charge in [0.1, 0.15) is 0 Å². The Morgan fingerprint density at radius 3 is 2.28 bits per heavy atom. The minimum Gasteiger partial charge on any atom is -0.478 e. The molecule has 3 N–H and O–H groups in total. The van der Waals surface area contributed by atoms with Gasteiger partial charge in [-0.1, -0.05) is 41.9 Å². The number of amides is 2. The smallest absolute Gasteiger partial charge is 0.337 e. The van der Waals surface area contributed by atoms with E-state index in [1.165, 1.54) is 30.0 Å². The summed E-state index contributed by atoms with van der Waals surface area (Å²) in [4.78, 5) is 36.2. The van der Waals surface area contributed by atoms with Crippen molar-refractivity contribution >= 4 is 58.6 Å². The molecule has 6 nitrogen and oxygen atoms in total. The van der Waals surface area contributed by atoms with Crippen LogP contribution in [0.2, 0.25) is 5.02 Å². The lowest BCUT2D eigenvalue weighted by Gasteiger charge is -2.08. The summed E-state index contributed by atoms with van der Waals surface area (Å²) in [7, 11) is 0. The Balaban J connectivity index is 1.48. The SMILES string of the molecule is O=C(/C=C/c1ccccc1)Nc1ccc(SCC(=O)Nc2ccc(Cl)c(C(=O)O)c2)cc1. The molecule has 0 unspecified atom stereocenters. The topological polar surface area (TPSA) is 95.5 Å². The van der Waals surface area contributed by atoms with Crippen LogP contribution in [0.5, 0.6) is 0 Å². The molecule has 162 valence electrons. The first-order chi connectivity index (χ1) is 15.4. The molecule has 0 fully saturated rings. The fraction of sp³-hybridized carbons (Fsp3) is 0.0417. The van der Waals surface area contributed by atoms with Gasteiger partial charge in [0, 0.05) is 22.3 Å². The molecule has 0 saturated heterocycles. The van der Waals surface area contributed by atoms with Crippen LogP contribution in [0.1, 0.15) is 15.9 Å². The first kappa shape index (κ1) is 23.1. The second-order valence-electron chi connectivity index (χ2n) is 6.59. The molecule has 3 aromatic rings. The molecule has 0 heterocycles. The third-order valence-corrected chi connectivity index (χ3v) is 5.54. The maximum Gasteiger partial charge on any atom is 0.337 e. The van der Waals surface area contributed by atoms with Gasteiger partial charge >= 0.3 is 5.97 Å². The Kier molecular flexibility index (Phi) is 8.08. The van der Waals surface area contributed by atoms with E-state index in [4.69, 9.17) is 16.7 Å². The van der Waals surface area contributed by atoms with Crippen molar-refractivity contribution in [2.24, 2.45) is 0 Å². The van der Waals surface area contributed by atoms with Gasteiger partial charge in [0.05, 0.1) is 16.3 Å². The second kappa shape index (κ2) is 11.2. The zero-order valence-corrected chi connectivity index (χ0v) is 18.3. The molecular weight excluding hydrogens is 448 g/mol. The van der Waals surface area contributed by atoms with Crippen LogP contribution in [0.4, 0.5) is 11.4 Å². The highest BCUT2D eigenvalue weighted by molar-refractivity contribution is 8.00. The number of halogens is 1. The monoisotopic (exact) mass is 466 g/mol. The van der Waals surface area contributed by atoms with Gasteiger partial charge in [-0.25, -0.2) is 4.79 Å². The summed E-state index contributed by atoms with van der Waals surface area (Å²) >= 11 is 7.15. The number of anilines is 2. The van der Waals surface area contributed by atoms with Gasteiger partial charge in [0.25, 0.3) is 0 Å². The average molecular weight is 467 g/mol. The molecule has 0 atom stereocenters. The Hall–Kier alpha value is -3.55. The number of carboxylic acids is 1. The first-order valence-corrected chi connectivity index (χ1v) is 10.9. The molecule has 0 aliphatic heterocycles. The van der Waals surface area contributed by atoms with E-state index in [0.717, 1.165) is 10.5 Å². The van der Waals surface area contributed by atoms with Crippen molar-refractivity contribution in [2.75, 3.05) is 16.4 Å². The highest BCUT2D eigenvalue weighted by atomic mass is 35.5. The van der Waals surface area contributed by atoms with Crippen LogP contribution in [0.15, 0.2) is 83.8 Å². The highest BCUT2D eigenvalue weighted by Gasteiger charge is 2.11. The summed E-state index contributed by atoms with van der Waals surface area (Å²) in [6.45, 7) is 0. The second-order valence-corrected chi connectivity index (χ2v) is 8.05. The summed E-state index contributed by atoms with van der Waals surface area (Å²) < 4.78 is 0. The van der Waals surface area contributed by atoms with Gasteiger partial charge in [-0.15, -0.1) is 11.8 Å². The van der Waals surface area contributed by atoms with Gasteiger partial charge in [-0.2, -0.15) is 0 Å². The van der Waals surface area contributed by atoms with Gasteiger partial charge in [0.2, 0.25) is 11.8 Å². The quantitative estimate of drug-likeness (QED) is 0.304. The van der Waals surface area contributed by atoms with Gasteiger partial charge in [0.15, 0.2) is 0 Å². The maximum atomic E-state index is 12.2. The number of hydrogen-bond acceptors (Lipinski definition) is 4. The molecule has 0 bridgehead atoms. The van der Waals surface area contributed by atoms with Gasteiger partial charge in [-0.3, -0.25) is 9.59 Å². The molecule has 3 rings (SSSR count). The van der Waals surface area contributed by atoms with E-state index in [0.29, 0.717) is 11.4 Å². The van der Waals surface area contributed by atoms with E-state index in [-0.39, 0.29) is 28.2 Å². The number of thioether (sulfide) groups is 1. The van der Waals surface area contributed by atoms with Crippen molar-refractivity contribution in [1.29, 1.82) is 0 Å². The normalized spacial score (nSPS) is 10.7. The summed E-state index contributed by atoms with van der Waals surface area (Å²) in [6.07, 6.45) is 3.20. The molecule has 0 spiro atoms. The van der Waals surface area contributed by atoms with Crippen molar-refractivity contribution in [3.8, 4) is 0 Å². The maximum absolute atomic E-state index is 12.2. The Morgan fingerprint density at radius 2 is 1.59 bits per heavy atom. The molecule has 0 aliphatic rings. The zero-order valence-electron chi connectivity index (χ0n) is 16.7. The molecule has 0 radical (unpaired) electrons. The number of rotatable bonds is 8. The van der Waals surface area contributed by atoms with Crippen LogP contribution in [-0.4, -0.2) is 28.6 Å². The first-order valence-electron chi connectivity index (χ1n) is 9.50. The van der Waals surface area contributed by atoms with Crippen molar-refractivity contribution in [2.45, 2.75) is 4.90 Å². The number of carboxylic acid groups (broad SMARTS) is 1. The van der Waals surface area contributed by atoms with E-state index in [1.54, 1.807) is 36.4 Å². The fourth-order valence-corrected chi connectivity index (χ4v) is 3.56. The fourth-order valence-electron chi connectivity index (χ4n) is 2.67. The van der Waals surface area contributed by atoms with Crippen LogP contribution < -0.4 is 10.6 Å². The molecule has 2 amide bonds. The predicted octanol–water partition coefficient (Wildman–Crippen LogP) is 5.42. The minimum atomic E-state index is -1.16. The van der Waals surface area contributed by atoms with Crippen molar-refractivity contribution < 1.29 is 19.5 Å². The van der Waals surface area contributed by atoms with Crippen LogP contribution >= 0.6 is 23.4 Å². The number of benzene rings is 3. The van der Waals surface area contributed by atoms with Crippen molar-refractivity contribution in [3.05, 3.63) is 95.0 Å². The van der Waals surface area contributed by atoms with E-state index < -0.39 is 5.97 Å². The molecule has 8 heteroatoms.